The maximum absolute atomic E-state index is 9.61. The maximum atomic E-state index is 9.61. The molecule has 106 valence electrons. The van der Waals surface area contributed by atoms with Crippen LogP contribution in [-0.4, -0.2) is 31.5 Å². The van der Waals surface area contributed by atoms with E-state index >= 15 is 0 Å². The van der Waals surface area contributed by atoms with Crippen molar-refractivity contribution in [2.75, 3.05) is 20.3 Å². The van der Waals surface area contributed by atoms with E-state index in [2.05, 4.69) is 19.2 Å². The number of hydrogen-bond donors (Lipinski definition) is 2. The highest BCUT2D eigenvalue weighted by atomic mass is 16.5. The van der Waals surface area contributed by atoms with Crippen molar-refractivity contribution in [1.29, 1.82) is 0 Å². The number of aromatic hydroxyl groups is 1. The third-order valence-electron chi connectivity index (χ3n) is 3.89. The molecule has 0 bridgehead atoms. The van der Waals surface area contributed by atoms with Crippen LogP contribution in [0.15, 0.2) is 18.2 Å². The molecule has 0 saturated carbocycles. The minimum atomic E-state index is 0.177. The summed E-state index contributed by atoms with van der Waals surface area (Å²) in [7, 11) is 1.56. The molecule has 0 aromatic heterocycles. The van der Waals surface area contributed by atoms with Gasteiger partial charge in [0.25, 0.3) is 0 Å². The number of ether oxygens (including phenoxy) is 2. The Kier molecular flexibility index (Phi) is 4.66. The molecule has 3 atom stereocenters. The van der Waals surface area contributed by atoms with Crippen molar-refractivity contribution in [1.82, 2.24) is 5.32 Å². The van der Waals surface area contributed by atoms with Gasteiger partial charge in [0.05, 0.1) is 13.7 Å². The molecule has 1 aromatic rings. The van der Waals surface area contributed by atoms with Crippen molar-refractivity contribution < 1.29 is 14.6 Å². The summed E-state index contributed by atoms with van der Waals surface area (Å²) in [6.45, 7) is 6.05. The molecule has 1 saturated heterocycles. The van der Waals surface area contributed by atoms with Gasteiger partial charge in [-0.3, -0.25) is 0 Å². The summed E-state index contributed by atoms with van der Waals surface area (Å²) in [5, 5.41) is 13.2. The number of rotatable bonds is 5. The number of methoxy groups -OCH3 is 1. The summed E-state index contributed by atoms with van der Waals surface area (Å²) in [4.78, 5) is 0. The van der Waals surface area contributed by atoms with E-state index < -0.39 is 0 Å². The van der Waals surface area contributed by atoms with Crippen LogP contribution in [0.5, 0.6) is 11.5 Å². The fourth-order valence-corrected chi connectivity index (χ4v) is 2.54. The average molecular weight is 265 g/mol. The van der Waals surface area contributed by atoms with Crippen LogP contribution in [0.3, 0.4) is 0 Å². The van der Waals surface area contributed by atoms with Crippen molar-refractivity contribution in [2.45, 2.75) is 32.4 Å². The molecule has 0 aliphatic carbocycles. The molecular formula is C15H23NO3. The van der Waals surface area contributed by atoms with Crippen LogP contribution in [0, 0.1) is 5.92 Å². The Balaban J connectivity index is 2.00. The van der Waals surface area contributed by atoms with Crippen LogP contribution in [-0.2, 0) is 4.74 Å². The Bertz CT molecular complexity index is 416. The minimum absolute atomic E-state index is 0.177. The van der Waals surface area contributed by atoms with Gasteiger partial charge in [0.15, 0.2) is 11.5 Å². The lowest BCUT2D eigenvalue weighted by Gasteiger charge is -2.24. The van der Waals surface area contributed by atoms with Crippen LogP contribution in [0.1, 0.15) is 31.9 Å². The molecule has 1 heterocycles. The minimum Gasteiger partial charge on any atom is -0.504 e. The van der Waals surface area contributed by atoms with E-state index in [1.54, 1.807) is 13.2 Å². The molecule has 4 nitrogen and oxygen atoms in total. The molecule has 19 heavy (non-hydrogen) atoms. The fraction of sp³-hybridized carbons (Fsp3) is 0.600. The molecule has 3 unspecified atom stereocenters. The Labute approximate surface area is 114 Å². The highest BCUT2D eigenvalue weighted by Gasteiger charge is 2.23. The zero-order valence-corrected chi connectivity index (χ0v) is 11.8. The van der Waals surface area contributed by atoms with E-state index in [0.717, 1.165) is 25.2 Å². The van der Waals surface area contributed by atoms with Gasteiger partial charge in [0.2, 0.25) is 0 Å². The van der Waals surface area contributed by atoms with Crippen LogP contribution in [0.25, 0.3) is 0 Å². The van der Waals surface area contributed by atoms with E-state index in [0.29, 0.717) is 17.7 Å². The van der Waals surface area contributed by atoms with Gasteiger partial charge in [-0.1, -0.05) is 6.07 Å². The second kappa shape index (κ2) is 6.26. The van der Waals surface area contributed by atoms with Crippen LogP contribution >= 0.6 is 0 Å². The highest BCUT2D eigenvalue weighted by molar-refractivity contribution is 5.42. The van der Waals surface area contributed by atoms with Gasteiger partial charge in [-0.2, -0.15) is 0 Å². The quantitative estimate of drug-likeness (QED) is 0.858. The summed E-state index contributed by atoms with van der Waals surface area (Å²) in [5.41, 5.74) is 1.11. The molecule has 2 rings (SSSR count). The lowest BCUT2D eigenvalue weighted by Crippen LogP contribution is -2.35. The second-order valence-electron chi connectivity index (χ2n) is 5.23. The fourth-order valence-electron chi connectivity index (χ4n) is 2.54. The Hall–Kier alpha value is -1.26. The summed E-state index contributed by atoms with van der Waals surface area (Å²) in [6.07, 6.45) is 1.12. The Morgan fingerprint density at radius 1 is 1.42 bits per heavy atom. The van der Waals surface area contributed by atoms with E-state index in [4.69, 9.17) is 9.47 Å². The van der Waals surface area contributed by atoms with Crippen molar-refractivity contribution in [2.24, 2.45) is 5.92 Å². The van der Waals surface area contributed by atoms with Gasteiger partial charge in [-0.15, -0.1) is 0 Å². The van der Waals surface area contributed by atoms with Gasteiger partial charge < -0.3 is 19.9 Å². The second-order valence-corrected chi connectivity index (χ2v) is 5.23. The van der Waals surface area contributed by atoms with Crippen LogP contribution in [0.4, 0.5) is 0 Å². The summed E-state index contributed by atoms with van der Waals surface area (Å²) in [6, 6.07) is 6.11. The number of phenols is 1. The first-order valence-corrected chi connectivity index (χ1v) is 6.82. The standard InChI is InChI=1S/C15H23NO3/c1-10(16-11(2)13-6-7-19-9-13)12-4-5-14(17)15(8-12)18-3/h4-5,8,10-11,13,16-17H,6-7,9H2,1-3H3. The molecular weight excluding hydrogens is 242 g/mol. The number of hydrogen-bond acceptors (Lipinski definition) is 4. The van der Waals surface area contributed by atoms with Crippen LogP contribution < -0.4 is 10.1 Å². The summed E-state index contributed by atoms with van der Waals surface area (Å²) < 4.78 is 10.6. The van der Waals surface area contributed by atoms with E-state index in [-0.39, 0.29) is 11.8 Å². The van der Waals surface area contributed by atoms with E-state index in [1.807, 2.05) is 12.1 Å². The lowest BCUT2D eigenvalue weighted by molar-refractivity contribution is 0.177. The van der Waals surface area contributed by atoms with Crippen molar-refractivity contribution in [3.8, 4) is 11.5 Å². The van der Waals surface area contributed by atoms with E-state index in [1.165, 1.54) is 0 Å². The maximum Gasteiger partial charge on any atom is 0.160 e. The van der Waals surface area contributed by atoms with Gasteiger partial charge >= 0.3 is 0 Å². The molecule has 1 aromatic carbocycles. The smallest absolute Gasteiger partial charge is 0.160 e. The molecule has 1 fully saturated rings. The predicted octanol–water partition coefficient (Wildman–Crippen LogP) is 2.48. The van der Waals surface area contributed by atoms with Crippen LogP contribution in [0.2, 0.25) is 0 Å². The zero-order chi connectivity index (χ0) is 13.8. The molecule has 0 amide bonds. The summed E-state index contributed by atoms with van der Waals surface area (Å²) >= 11 is 0. The third kappa shape index (κ3) is 3.39. The first-order valence-electron chi connectivity index (χ1n) is 6.82. The summed E-state index contributed by atoms with van der Waals surface area (Å²) in [5.74, 6) is 1.28. The average Bonchev–Trinajstić information content (AvgIpc) is 2.93. The number of nitrogens with one attached hydrogen (secondary N) is 1. The largest absolute Gasteiger partial charge is 0.504 e. The first kappa shape index (κ1) is 14.2. The van der Waals surface area contributed by atoms with Crippen molar-refractivity contribution >= 4 is 0 Å². The zero-order valence-electron chi connectivity index (χ0n) is 11.8. The highest BCUT2D eigenvalue weighted by Crippen LogP contribution is 2.29. The predicted molar refractivity (Wildman–Crippen MR) is 74.6 cm³/mol. The van der Waals surface area contributed by atoms with Gasteiger partial charge in [-0.25, -0.2) is 0 Å². The molecule has 2 N–H and O–H groups in total. The normalized spacial score (nSPS) is 22.2. The Morgan fingerprint density at radius 2 is 2.21 bits per heavy atom. The SMILES string of the molecule is COc1cc(C(C)NC(C)C2CCOC2)ccc1O. The number of benzene rings is 1. The lowest BCUT2D eigenvalue weighted by atomic mass is 9.98. The topological polar surface area (TPSA) is 50.7 Å². The van der Waals surface area contributed by atoms with Gasteiger partial charge in [-0.05, 0) is 43.9 Å². The molecule has 4 heteroatoms. The Morgan fingerprint density at radius 3 is 2.84 bits per heavy atom. The molecule has 1 aliphatic heterocycles. The van der Waals surface area contributed by atoms with Gasteiger partial charge in [0, 0.05) is 18.7 Å². The third-order valence-corrected chi connectivity index (χ3v) is 3.89. The number of phenolic OH excluding ortho intramolecular Hbond substituents is 1. The van der Waals surface area contributed by atoms with Gasteiger partial charge in [0.1, 0.15) is 0 Å². The van der Waals surface area contributed by atoms with Crippen molar-refractivity contribution in [3.05, 3.63) is 23.8 Å². The van der Waals surface area contributed by atoms with E-state index in [9.17, 15) is 5.11 Å². The molecule has 0 radical (unpaired) electrons. The van der Waals surface area contributed by atoms with Crippen molar-refractivity contribution in [3.63, 3.8) is 0 Å². The molecule has 1 aliphatic rings. The molecule has 0 spiro atoms. The first-order chi connectivity index (χ1) is 9.11. The monoisotopic (exact) mass is 265 g/mol.